The van der Waals surface area contributed by atoms with E-state index in [0.29, 0.717) is 38.7 Å². The van der Waals surface area contributed by atoms with Crippen LogP contribution in [0.2, 0.25) is 0 Å². The van der Waals surface area contributed by atoms with Crippen molar-refractivity contribution >= 4 is 35.0 Å². The number of hydrogen-bond acceptors (Lipinski definition) is 10. The second-order valence-corrected chi connectivity index (χ2v) is 10.6. The highest BCUT2D eigenvalue weighted by Crippen LogP contribution is 2.36. The Labute approximate surface area is 254 Å². The molecule has 2 heterocycles. The fraction of sp³-hybridized carbons (Fsp3) is 0.375. The number of aromatic nitrogens is 1. The second kappa shape index (κ2) is 14.2. The lowest BCUT2D eigenvalue weighted by atomic mass is 9.95. The SMILES string of the molecule is CCOC(=O)C1=C(C)N=c2s/c(=C\c3ccc(N(CC)CC)cc3)c(=O)n2[C@@H]1c1ccc(OCC(=O)OC)c(OCC)c1. The second-order valence-electron chi connectivity index (χ2n) is 9.57. The van der Waals surface area contributed by atoms with Crippen molar-refractivity contribution in [2.75, 3.05) is 44.9 Å². The minimum atomic E-state index is -0.823. The van der Waals surface area contributed by atoms with Crippen molar-refractivity contribution < 1.29 is 28.5 Å². The summed E-state index contributed by atoms with van der Waals surface area (Å²) in [7, 11) is 1.28. The van der Waals surface area contributed by atoms with Gasteiger partial charge in [0.05, 0.1) is 42.2 Å². The van der Waals surface area contributed by atoms with Gasteiger partial charge >= 0.3 is 11.9 Å². The third-order valence-corrected chi connectivity index (χ3v) is 7.98. The van der Waals surface area contributed by atoms with Crippen LogP contribution in [0.25, 0.3) is 6.08 Å². The molecule has 0 N–H and O–H groups in total. The number of carbonyl (C=O) groups excluding carboxylic acids is 2. The molecule has 11 heteroatoms. The van der Waals surface area contributed by atoms with Crippen LogP contribution in [0.15, 0.2) is 63.5 Å². The van der Waals surface area contributed by atoms with E-state index in [4.69, 9.17) is 14.2 Å². The monoisotopic (exact) mass is 607 g/mol. The molecular weight excluding hydrogens is 570 g/mol. The molecule has 43 heavy (non-hydrogen) atoms. The first-order chi connectivity index (χ1) is 20.8. The predicted octanol–water partition coefficient (Wildman–Crippen LogP) is 3.60. The van der Waals surface area contributed by atoms with Crippen molar-refractivity contribution in [3.05, 3.63) is 84.5 Å². The third-order valence-electron chi connectivity index (χ3n) is 6.99. The van der Waals surface area contributed by atoms with Crippen molar-refractivity contribution in [3.63, 3.8) is 0 Å². The molecule has 0 aliphatic carbocycles. The molecule has 228 valence electrons. The van der Waals surface area contributed by atoms with Gasteiger partial charge < -0.3 is 23.8 Å². The van der Waals surface area contributed by atoms with Crippen LogP contribution < -0.4 is 29.3 Å². The summed E-state index contributed by atoms with van der Waals surface area (Å²) in [4.78, 5) is 46.3. The zero-order valence-corrected chi connectivity index (χ0v) is 26.2. The number of allylic oxidation sites excluding steroid dienone is 1. The average Bonchev–Trinajstić information content (AvgIpc) is 3.30. The molecule has 3 aromatic rings. The number of anilines is 1. The summed E-state index contributed by atoms with van der Waals surface area (Å²) in [5.74, 6) is -0.407. The quantitative estimate of drug-likeness (QED) is 0.288. The smallest absolute Gasteiger partial charge is 0.343 e. The van der Waals surface area contributed by atoms with Gasteiger partial charge in [0.2, 0.25) is 0 Å². The zero-order chi connectivity index (χ0) is 31.1. The van der Waals surface area contributed by atoms with Crippen LogP contribution in [-0.4, -0.2) is 56.5 Å². The number of hydrogen-bond donors (Lipinski definition) is 0. The third kappa shape index (κ3) is 6.83. The van der Waals surface area contributed by atoms with Gasteiger partial charge in [-0.15, -0.1) is 0 Å². The maximum Gasteiger partial charge on any atom is 0.343 e. The van der Waals surface area contributed by atoms with Crippen molar-refractivity contribution in [2.45, 2.75) is 40.7 Å². The average molecular weight is 608 g/mol. The molecule has 0 unspecified atom stereocenters. The fourth-order valence-electron chi connectivity index (χ4n) is 4.91. The Bertz CT molecular complexity index is 1680. The number of fused-ring (bicyclic) bond motifs is 1. The molecule has 0 spiro atoms. The van der Waals surface area contributed by atoms with Crippen LogP contribution in [0.3, 0.4) is 0 Å². The Morgan fingerprint density at radius 3 is 2.35 bits per heavy atom. The van der Waals surface area contributed by atoms with Crippen molar-refractivity contribution in [3.8, 4) is 11.5 Å². The first-order valence-electron chi connectivity index (χ1n) is 14.3. The number of carbonyl (C=O) groups is 2. The molecule has 0 saturated heterocycles. The minimum absolute atomic E-state index is 0.167. The van der Waals surface area contributed by atoms with Gasteiger partial charge in [0.25, 0.3) is 5.56 Å². The zero-order valence-electron chi connectivity index (χ0n) is 25.3. The molecular formula is C32H37N3O7S. The molecule has 0 bridgehead atoms. The summed E-state index contributed by atoms with van der Waals surface area (Å²) in [6.45, 7) is 11.5. The number of ether oxygens (including phenoxy) is 4. The van der Waals surface area contributed by atoms with E-state index >= 15 is 0 Å². The van der Waals surface area contributed by atoms with E-state index in [1.165, 1.54) is 23.0 Å². The van der Waals surface area contributed by atoms with Gasteiger partial charge in [-0.2, -0.15) is 0 Å². The maximum absolute atomic E-state index is 14.0. The van der Waals surface area contributed by atoms with E-state index in [9.17, 15) is 14.4 Å². The summed E-state index contributed by atoms with van der Waals surface area (Å²) in [6, 6.07) is 12.3. The molecule has 1 atom stereocenters. The molecule has 0 saturated carbocycles. The highest BCUT2D eigenvalue weighted by atomic mass is 32.1. The van der Waals surface area contributed by atoms with Crippen LogP contribution in [0.4, 0.5) is 5.69 Å². The molecule has 2 aromatic carbocycles. The highest BCUT2D eigenvalue weighted by molar-refractivity contribution is 7.07. The summed E-state index contributed by atoms with van der Waals surface area (Å²) in [5.41, 5.74) is 3.04. The molecule has 1 aliphatic heterocycles. The topological polar surface area (TPSA) is 109 Å². The largest absolute Gasteiger partial charge is 0.490 e. The summed E-state index contributed by atoms with van der Waals surface area (Å²) in [5, 5.41) is 0. The van der Waals surface area contributed by atoms with E-state index in [-0.39, 0.29) is 24.3 Å². The van der Waals surface area contributed by atoms with E-state index in [1.54, 1.807) is 32.0 Å². The maximum atomic E-state index is 14.0. The van der Waals surface area contributed by atoms with Gasteiger partial charge in [0.1, 0.15) is 0 Å². The van der Waals surface area contributed by atoms with Gasteiger partial charge in [-0.3, -0.25) is 9.36 Å². The van der Waals surface area contributed by atoms with Gasteiger partial charge in [-0.1, -0.05) is 29.5 Å². The van der Waals surface area contributed by atoms with Crippen LogP contribution in [-0.2, 0) is 19.1 Å². The fourth-order valence-corrected chi connectivity index (χ4v) is 5.95. The van der Waals surface area contributed by atoms with E-state index in [0.717, 1.165) is 24.3 Å². The Hall–Kier alpha value is -4.38. The molecule has 0 amide bonds. The van der Waals surface area contributed by atoms with E-state index < -0.39 is 18.0 Å². The molecule has 0 radical (unpaired) electrons. The van der Waals surface area contributed by atoms with Crippen LogP contribution in [0, 0.1) is 0 Å². The normalized spacial score (nSPS) is 14.6. The summed E-state index contributed by atoms with van der Waals surface area (Å²) in [6.07, 6.45) is 1.84. The van der Waals surface area contributed by atoms with E-state index in [2.05, 4.69) is 28.5 Å². The van der Waals surface area contributed by atoms with Crippen LogP contribution in [0.5, 0.6) is 11.5 Å². The van der Waals surface area contributed by atoms with E-state index in [1.807, 2.05) is 37.3 Å². The number of thiazole rings is 1. The first kappa shape index (κ1) is 31.6. The van der Waals surface area contributed by atoms with Gasteiger partial charge in [0.15, 0.2) is 22.9 Å². The Morgan fingerprint density at radius 2 is 1.72 bits per heavy atom. The summed E-state index contributed by atoms with van der Waals surface area (Å²) < 4.78 is 23.5. The molecule has 1 aliphatic rings. The Balaban J connectivity index is 1.85. The minimum Gasteiger partial charge on any atom is -0.490 e. The van der Waals surface area contributed by atoms with Crippen LogP contribution in [0.1, 0.15) is 51.8 Å². The lowest BCUT2D eigenvalue weighted by molar-refractivity contribution is -0.143. The molecule has 10 nitrogen and oxygen atoms in total. The van der Waals surface area contributed by atoms with Gasteiger partial charge in [0, 0.05) is 18.8 Å². The van der Waals surface area contributed by atoms with Gasteiger partial charge in [-0.25, -0.2) is 14.6 Å². The molecule has 1 aromatic heterocycles. The molecule has 0 fully saturated rings. The van der Waals surface area contributed by atoms with Crippen molar-refractivity contribution in [1.29, 1.82) is 0 Å². The highest BCUT2D eigenvalue weighted by Gasteiger charge is 2.34. The Morgan fingerprint density at radius 1 is 1.00 bits per heavy atom. The number of benzene rings is 2. The predicted molar refractivity (Wildman–Crippen MR) is 166 cm³/mol. The van der Waals surface area contributed by atoms with Crippen molar-refractivity contribution in [2.24, 2.45) is 4.99 Å². The summed E-state index contributed by atoms with van der Waals surface area (Å²) >= 11 is 1.26. The number of nitrogens with zero attached hydrogens (tertiary/aromatic N) is 3. The van der Waals surface area contributed by atoms with Crippen LogP contribution >= 0.6 is 11.3 Å². The number of rotatable bonds is 12. The number of methoxy groups -OCH3 is 1. The first-order valence-corrected chi connectivity index (χ1v) is 15.1. The van der Waals surface area contributed by atoms with Gasteiger partial charge in [-0.05, 0) is 76.1 Å². The Kier molecular flexibility index (Phi) is 10.4. The van der Waals surface area contributed by atoms with Crippen molar-refractivity contribution in [1.82, 2.24) is 4.57 Å². The standard InChI is InChI=1S/C32H37N3O7S/c1-7-34(8-2)23-14-11-21(12-15-23)17-26-30(37)35-29(28(31(38)41-10-4)20(5)33-32(35)43-26)22-13-16-24(25(18-22)40-9-3)42-19-27(36)39-6/h11-18,29H,7-10,19H2,1-6H3/b26-17-/t29-/m1/s1. The lowest BCUT2D eigenvalue weighted by Crippen LogP contribution is -2.40. The molecule has 4 rings (SSSR count). The number of esters is 2. The lowest BCUT2D eigenvalue weighted by Gasteiger charge is -2.25.